The van der Waals surface area contributed by atoms with Crippen LogP contribution in [-0.2, 0) is 11.2 Å². The first-order valence-corrected chi connectivity index (χ1v) is 8.11. The van der Waals surface area contributed by atoms with Crippen LogP contribution < -0.4 is 5.32 Å². The summed E-state index contributed by atoms with van der Waals surface area (Å²) in [4.78, 5) is 12.5. The van der Waals surface area contributed by atoms with Crippen molar-refractivity contribution >= 4 is 12.0 Å². The zero-order valence-corrected chi connectivity index (χ0v) is 13.6. The van der Waals surface area contributed by atoms with Crippen molar-refractivity contribution in [3.63, 3.8) is 0 Å². The van der Waals surface area contributed by atoms with Crippen molar-refractivity contribution in [1.82, 2.24) is 5.32 Å². The van der Waals surface area contributed by atoms with Gasteiger partial charge in [-0.15, -0.1) is 0 Å². The highest BCUT2D eigenvalue weighted by Crippen LogP contribution is 2.30. The molecule has 5 nitrogen and oxygen atoms in total. The summed E-state index contributed by atoms with van der Waals surface area (Å²) in [7, 11) is 0. The fourth-order valence-corrected chi connectivity index (χ4v) is 3.09. The number of carbonyl (C=O) groups excluding carboxylic acids is 1. The number of benzene rings is 2. The molecule has 1 aliphatic carbocycles. The highest BCUT2D eigenvalue weighted by molar-refractivity contribution is 6.02. The van der Waals surface area contributed by atoms with E-state index in [9.17, 15) is 20.3 Å². The number of nitrogens with one attached hydrogen (secondary N) is 1. The van der Waals surface area contributed by atoms with Crippen LogP contribution in [0.3, 0.4) is 0 Å². The number of hydrogen-bond donors (Lipinski definition) is 3. The van der Waals surface area contributed by atoms with E-state index in [4.69, 9.17) is 0 Å². The van der Waals surface area contributed by atoms with Crippen molar-refractivity contribution in [2.75, 3.05) is 0 Å². The molecule has 3 N–H and O–H groups in total. The van der Waals surface area contributed by atoms with Crippen LogP contribution in [0.1, 0.15) is 35.6 Å². The molecular weight excluding hydrogens is 316 g/mol. The molecule has 0 saturated carbocycles. The van der Waals surface area contributed by atoms with Crippen molar-refractivity contribution in [3.8, 4) is 17.6 Å². The zero-order chi connectivity index (χ0) is 17.8. The van der Waals surface area contributed by atoms with Gasteiger partial charge < -0.3 is 15.5 Å². The van der Waals surface area contributed by atoms with Crippen LogP contribution in [0.4, 0.5) is 0 Å². The maximum absolute atomic E-state index is 12.5. The van der Waals surface area contributed by atoms with Gasteiger partial charge in [-0.05, 0) is 54.2 Å². The topological polar surface area (TPSA) is 93.3 Å². The molecule has 1 amide bonds. The van der Waals surface area contributed by atoms with Crippen LogP contribution in [0.5, 0.6) is 11.5 Å². The summed E-state index contributed by atoms with van der Waals surface area (Å²) < 4.78 is 0. The summed E-state index contributed by atoms with van der Waals surface area (Å²) in [5.41, 5.74) is 2.74. The smallest absolute Gasteiger partial charge is 0.262 e. The first-order valence-electron chi connectivity index (χ1n) is 8.11. The van der Waals surface area contributed by atoms with Gasteiger partial charge >= 0.3 is 0 Å². The van der Waals surface area contributed by atoms with Gasteiger partial charge in [0, 0.05) is 0 Å². The number of nitriles is 1. The average Bonchev–Trinajstić information content (AvgIpc) is 2.63. The molecule has 1 atom stereocenters. The number of aromatic hydroxyl groups is 2. The second-order valence-electron chi connectivity index (χ2n) is 6.04. The number of hydrogen-bond acceptors (Lipinski definition) is 4. The highest BCUT2D eigenvalue weighted by Gasteiger charge is 2.22. The number of fused-ring (bicyclic) bond motifs is 1. The molecule has 0 saturated heterocycles. The van der Waals surface area contributed by atoms with Crippen molar-refractivity contribution in [2.24, 2.45) is 0 Å². The van der Waals surface area contributed by atoms with E-state index in [1.165, 1.54) is 29.8 Å². The van der Waals surface area contributed by atoms with Gasteiger partial charge in [-0.3, -0.25) is 4.79 Å². The molecule has 25 heavy (non-hydrogen) atoms. The van der Waals surface area contributed by atoms with Crippen LogP contribution in [0.25, 0.3) is 6.08 Å². The Bertz CT molecular complexity index is 881. The number of phenolic OH excluding ortho intramolecular Hbond substituents is 2. The molecule has 0 heterocycles. The van der Waals surface area contributed by atoms with Gasteiger partial charge in [0.25, 0.3) is 5.91 Å². The molecule has 5 heteroatoms. The number of phenols is 2. The summed E-state index contributed by atoms with van der Waals surface area (Å²) in [6, 6.07) is 13.9. The SMILES string of the molecule is N#C/C(=C\c1ccc(O)c(O)c1)C(=O)NC1CCCc2ccccc21. The molecule has 0 bridgehead atoms. The van der Waals surface area contributed by atoms with Crippen LogP contribution in [-0.4, -0.2) is 16.1 Å². The number of aryl methyl sites for hydroxylation is 1. The number of rotatable bonds is 3. The molecule has 1 aliphatic rings. The Morgan fingerprint density at radius 3 is 2.76 bits per heavy atom. The van der Waals surface area contributed by atoms with E-state index in [2.05, 4.69) is 11.4 Å². The average molecular weight is 334 g/mol. The number of amides is 1. The molecule has 2 aromatic carbocycles. The minimum absolute atomic E-state index is 0.0480. The van der Waals surface area contributed by atoms with Gasteiger partial charge in [0.1, 0.15) is 11.6 Å². The molecule has 0 aromatic heterocycles. The largest absolute Gasteiger partial charge is 0.504 e. The molecule has 3 rings (SSSR count). The third kappa shape index (κ3) is 3.64. The Balaban J connectivity index is 1.81. The van der Waals surface area contributed by atoms with E-state index in [0.717, 1.165) is 24.8 Å². The molecule has 0 fully saturated rings. The van der Waals surface area contributed by atoms with Gasteiger partial charge in [0.15, 0.2) is 11.5 Å². The first kappa shape index (κ1) is 16.6. The van der Waals surface area contributed by atoms with E-state index < -0.39 is 5.91 Å². The van der Waals surface area contributed by atoms with Gasteiger partial charge in [-0.25, -0.2) is 0 Å². The van der Waals surface area contributed by atoms with E-state index in [1.54, 1.807) is 0 Å². The summed E-state index contributed by atoms with van der Waals surface area (Å²) in [6.07, 6.45) is 4.21. The maximum Gasteiger partial charge on any atom is 0.262 e. The van der Waals surface area contributed by atoms with Crippen molar-refractivity contribution < 1.29 is 15.0 Å². The van der Waals surface area contributed by atoms with E-state index in [-0.39, 0.29) is 23.1 Å². The highest BCUT2D eigenvalue weighted by atomic mass is 16.3. The van der Waals surface area contributed by atoms with E-state index in [1.807, 2.05) is 24.3 Å². The maximum atomic E-state index is 12.5. The molecule has 1 unspecified atom stereocenters. The van der Waals surface area contributed by atoms with Gasteiger partial charge in [-0.2, -0.15) is 5.26 Å². The summed E-state index contributed by atoms with van der Waals surface area (Å²) in [6.45, 7) is 0. The molecule has 2 aromatic rings. The molecule has 0 radical (unpaired) electrons. The lowest BCUT2D eigenvalue weighted by atomic mass is 9.87. The van der Waals surface area contributed by atoms with Crippen LogP contribution in [0, 0.1) is 11.3 Å². The first-order chi connectivity index (χ1) is 12.1. The van der Waals surface area contributed by atoms with Crippen LogP contribution in [0.15, 0.2) is 48.0 Å². The second kappa shape index (κ2) is 7.10. The van der Waals surface area contributed by atoms with Gasteiger partial charge in [0.05, 0.1) is 6.04 Å². The lowest BCUT2D eigenvalue weighted by Gasteiger charge is -2.26. The fourth-order valence-electron chi connectivity index (χ4n) is 3.09. The predicted molar refractivity (Wildman–Crippen MR) is 93.6 cm³/mol. The normalized spacial score (nSPS) is 16.6. The van der Waals surface area contributed by atoms with Crippen molar-refractivity contribution in [3.05, 3.63) is 64.7 Å². The zero-order valence-electron chi connectivity index (χ0n) is 13.6. The second-order valence-corrected chi connectivity index (χ2v) is 6.04. The molecule has 0 spiro atoms. The van der Waals surface area contributed by atoms with E-state index >= 15 is 0 Å². The summed E-state index contributed by atoms with van der Waals surface area (Å²) >= 11 is 0. The predicted octanol–water partition coefficient (Wildman–Crippen LogP) is 3.20. The number of carbonyl (C=O) groups is 1. The van der Waals surface area contributed by atoms with Crippen molar-refractivity contribution in [2.45, 2.75) is 25.3 Å². The third-order valence-corrected chi connectivity index (χ3v) is 4.35. The van der Waals surface area contributed by atoms with Crippen molar-refractivity contribution in [1.29, 1.82) is 5.26 Å². The molecule has 126 valence electrons. The Labute approximate surface area is 145 Å². The lowest BCUT2D eigenvalue weighted by Crippen LogP contribution is -2.31. The molecular formula is C20H18N2O3. The fraction of sp³-hybridized carbons (Fsp3) is 0.200. The minimum atomic E-state index is -0.447. The Morgan fingerprint density at radius 1 is 1.20 bits per heavy atom. The van der Waals surface area contributed by atoms with Gasteiger partial charge in [0.2, 0.25) is 0 Å². The lowest BCUT2D eigenvalue weighted by molar-refractivity contribution is -0.117. The summed E-state index contributed by atoms with van der Waals surface area (Å²) in [5, 5.41) is 31.1. The monoisotopic (exact) mass is 334 g/mol. The Kier molecular flexibility index (Phi) is 4.71. The number of nitrogens with zero attached hydrogens (tertiary/aromatic N) is 1. The molecule has 0 aliphatic heterocycles. The Morgan fingerprint density at radius 2 is 2.00 bits per heavy atom. The summed E-state index contributed by atoms with van der Waals surface area (Å²) in [5.74, 6) is -0.997. The van der Waals surface area contributed by atoms with Gasteiger partial charge in [-0.1, -0.05) is 30.3 Å². The van der Waals surface area contributed by atoms with E-state index in [0.29, 0.717) is 5.56 Å². The van der Waals surface area contributed by atoms with Crippen LogP contribution >= 0.6 is 0 Å². The third-order valence-electron chi connectivity index (χ3n) is 4.35. The Hall–Kier alpha value is -3.26. The van der Waals surface area contributed by atoms with Crippen LogP contribution in [0.2, 0.25) is 0 Å². The quantitative estimate of drug-likeness (QED) is 0.456. The standard InChI is InChI=1S/C20H18N2O3/c21-12-15(10-13-8-9-18(23)19(24)11-13)20(25)22-17-7-3-5-14-4-1-2-6-16(14)17/h1-2,4,6,8-11,17,23-24H,3,5,7H2,(H,22,25)/b15-10+. The minimum Gasteiger partial charge on any atom is -0.504 e.